The minimum atomic E-state index is -3.88. The number of halogens is 1. The molecule has 0 radical (unpaired) electrons. The minimum Gasteiger partial charge on any atom is -0.504 e. The van der Waals surface area contributed by atoms with Crippen LogP contribution < -0.4 is 4.74 Å². The van der Waals surface area contributed by atoms with E-state index in [9.17, 15) is 13.5 Å². The van der Waals surface area contributed by atoms with E-state index in [2.05, 4.69) is 4.74 Å². The predicted molar refractivity (Wildman–Crippen MR) is 47.7 cm³/mol. The fourth-order valence-electron chi connectivity index (χ4n) is 0.901. The summed E-state index contributed by atoms with van der Waals surface area (Å²) in [7, 11) is 2.47. The van der Waals surface area contributed by atoms with E-state index in [0.717, 1.165) is 0 Å². The van der Waals surface area contributed by atoms with E-state index in [1.54, 1.807) is 0 Å². The zero-order chi connectivity index (χ0) is 10.1. The third-order valence-corrected chi connectivity index (χ3v) is 2.77. The molecule has 72 valence electrons. The maximum absolute atomic E-state index is 10.9. The van der Waals surface area contributed by atoms with Crippen LogP contribution in [0.3, 0.4) is 0 Å². The van der Waals surface area contributed by atoms with Crippen molar-refractivity contribution in [3.8, 4) is 11.5 Å². The number of phenolic OH excluding ortho intramolecular Hbond substituents is 1. The molecule has 0 unspecified atom stereocenters. The lowest BCUT2D eigenvalue weighted by Gasteiger charge is -2.06. The maximum Gasteiger partial charge on any atom is 0.265 e. The number of aromatic hydroxyl groups is 1. The van der Waals surface area contributed by atoms with E-state index >= 15 is 0 Å². The van der Waals surface area contributed by atoms with Crippen molar-refractivity contribution in [2.45, 2.75) is 4.90 Å². The van der Waals surface area contributed by atoms with Crippen molar-refractivity contribution < 1.29 is 18.3 Å². The van der Waals surface area contributed by atoms with Gasteiger partial charge in [-0.15, -0.1) is 0 Å². The van der Waals surface area contributed by atoms with Gasteiger partial charge in [0.15, 0.2) is 11.5 Å². The zero-order valence-electron chi connectivity index (χ0n) is 6.69. The molecule has 1 aromatic rings. The molecular weight excluding hydrogens is 216 g/mol. The molecular formula is C7H7ClO4S. The van der Waals surface area contributed by atoms with Crippen LogP contribution in [0.4, 0.5) is 0 Å². The molecule has 0 spiro atoms. The molecule has 0 amide bonds. The molecule has 0 saturated carbocycles. The zero-order valence-corrected chi connectivity index (χ0v) is 8.26. The van der Waals surface area contributed by atoms with E-state index in [1.807, 2.05) is 0 Å². The molecule has 4 nitrogen and oxygen atoms in total. The van der Waals surface area contributed by atoms with E-state index in [0.29, 0.717) is 0 Å². The molecule has 13 heavy (non-hydrogen) atoms. The van der Waals surface area contributed by atoms with Gasteiger partial charge in [-0.1, -0.05) is 6.07 Å². The highest BCUT2D eigenvalue weighted by molar-refractivity contribution is 8.13. The minimum absolute atomic E-state index is 0.141. The Morgan fingerprint density at radius 3 is 2.46 bits per heavy atom. The fourth-order valence-corrected chi connectivity index (χ4v) is 1.92. The Balaban J connectivity index is 3.47. The molecule has 0 atom stereocenters. The quantitative estimate of drug-likeness (QED) is 0.767. The molecule has 1 rings (SSSR count). The van der Waals surface area contributed by atoms with Gasteiger partial charge in [-0.05, 0) is 12.1 Å². The van der Waals surface area contributed by atoms with Crippen molar-refractivity contribution in [1.82, 2.24) is 0 Å². The number of rotatable bonds is 2. The van der Waals surface area contributed by atoms with Gasteiger partial charge in [-0.3, -0.25) is 0 Å². The van der Waals surface area contributed by atoms with Crippen LogP contribution in [0.15, 0.2) is 23.1 Å². The standard InChI is InChI=1S/C7H7ClO4S/c1-12-7-5(9)3-2-4-6(7)13(8,10)11/h2-4,9H,1H3. The number of benzene rings is 1. The normalized spacial score (nSPS) is 11.2. The summed E-state index contributed by atoms with van der Waals surface area (Å²) in [4.78, 5) is -0.239. The number of para-hydroxylation sites is 1. The van der Waals surface area contributed by atoms with Crippen LogP contribution in [0.2, 0.25) is 0 Å². The van der Waals surface area contributed by atoms with Gasteiger partial charge >= 0.3 is 0 Å². The van der Waals surface area contributed by atoms with Crippen LogP contribution >= 0.6 is 10.7 Å². The Hall–Kier alpha value is -0.940. The second-order valence-corrected chi connectivity index (χ2v) is 4.78. The van der Waals surface area contributed by atoms with Crippen LogP contribution in [-0.4, -0.2) is 20.6 Å². The maximum atomic E-state index is 10.9. The van der Waals surface area contributed by atoms with E-state index in [4.69, 9.17) is 10.7 Å². The Morgan fingerprint density at radius 1 is 1.46 bits per heavy atom. The van der Waals surface area contributed by atoms with Crippen LogP contribution in [0, 0.1) is 0 Å². The first-order chi connectivity index (χ1) is 5.96. The largest absolute Gasteiger partial charge is 0.504 e. The Labute approximate surface area is 80.1 Å². The lowest BCUT2D eigenvalue weighted by Crippen LogP contribution is -1.95. The van der Waals surface area contributed by atoms with Gasteiger partial charge in [0.05, 0.1) is 7.11 Å². The second kappa shape index (κ2) is 3.43. The summed E-state index contributed by atoms with van der Waals surface area (Å²) in [6.45, 7) is 0. The number of methoxy groups -OCH3 is 1. The highest BCUT2D eigenvalue weighted by atomic mass is 35.7. The van der Waals surface area contributed by atoms with Crippen molar-refractivity contribution in [3.63, 3.8) is 0 Å². The summed E-state index contributed by atoms with van der Waals surface area (Å²) in [5.41, 5.74) is 0. The number of hydrogen-bond donors (Lipinski definition) is 1. The lowest BCUT2D eigenvalue weighted by molar-refractivity contribution is 0.363. The van der Waals surface area contributed by atoms with Crippen molar-refractivity contribution in [1.29, 1.82) is 0 Å². The molecule has 0 aliphatic carbocycles. The summed E-state index contributed by atoms with van der Waals surface area (Å²) < 4.78 is 26.6. The fraction of sp³-hybridized carbons (Fsp3) is 0.143. The van der Waals surface area contributed by atoms with Crippen LogP contribution in [0.25, 0.3) is 0 Å². The van der Waals surface area contributed by atoms with E-state index in [-0.39, 0.29) is 16.4 Å². The molecule has 0 aromatic heterocycles. The van der Waals surface area contributed by atoms with Crippen molar-refractivity contribution >= 4 is 19.7 Å². The van der Waals surface area contributed by atoms with Crippen LogP contribution in [0.1, 0.15) is 0 Å². The summed E-state index contributed by atoms with van der Waals surface area (Å²) in [6.07, 6.45) is 0. The van der Waals surface area contributed by atoms with Crippen LogP contribution in [0.5, 0.6) is 11.5 Å². The van der Waals surface area contributed by atoms with Gasteiger partial charge < -0.3 is 9.84 Å². The van der Waals surface area contributed by atoms with Gasteiger partial charge in [0, 0.05) is 10.7 Å². The van der Waals surface area contributed by atoms with Crippen molar-refractivity contribution in [2.75, 3.05) is 7.11 Å². The third-order valence-electron chi connectivity index (χ3n) is 1.42. The topological polar surface area (TPSA) is 63.6 Å². The van der Waals surface area contributed by atoms with Gasteiger partial charge in [-0.2, -0.15) is 0 Å². The SMILES string of the molecule is COc1c(O)cccc1S(=O)(=O)Cl. The van der Waals surface area contributed by atoms with Gasteiger partial charge in [0.25, 0.3) is 9.05 Å². The number of ether oxygens (including phenoxy) is 1. The molecule has 0 aliphatic heterocycles. The Morgan fingerprint density at radius 2 is 2.08 bits per heavy atom. The molecule has 1 N–H and O–H groups in total. The number of phenols is 1. The summed E-state index contributed by atoms with van der Waals surface area (Å²) in [6, 6.07) is 3.93. The Bertz CT molecular complexity index is 413. The van der Waals surface area contributed by atoms with Gasteiger partial charge in [0.1, 0.15) is 4.90 Å². The summed E-state index contributed by atoms with van der Waals surface area (Å²) in [5.74, 6) is -0.401. The first-order valence-corrected chi connectivity index (χ1v) is 5.58. The van der Waals surface area contributed by atoms with Crippen LogP contribution in [-0.2, 0) is 9.05 Å². The predicted octanol–water partition coefficient (Wildman–Crippen LogP) is 1.33. The second-order valence-electron chi connectivity index (χ2n) is 2.25. The van der Waals surface area contributed by atoms with Gasteiger partial charge in [0.2, 0.25) is 0 Å². The highest BCUT2D eigenvalue weighted by Crippen LogP contribution is 2.34. The van der Waals surface area contributed by atoms with Crippen molar-refractivity contribution in [2.24, 2.45) is 0 Å². The van der Waals surface area contributed by atoms with E-state index in [1.165, 1.54) is 25.3 Å². The van der Waals surface area contributed by atoms with Gasteiger partial charge in [-0.25, -0.2) is 8.42 Å². The summed E-state index contributed by atoms with van der Waals surface area (Å²) in [5, 5.41) is 9.21. The average Bonchev–Trinajstić information content (AvgIpc) is 2.02. The first-order valence-electron chi connectivity index (χ1n) is 3.27. The molecule has 6 heteroatoms. The first kappa shape index (κ1) is 10.1. The third kappa shape index (κ3) is 2.05. The molecule has 1 aromatic carbocycles. The lowest BCUT2D eigenvalue weighted by atomic mass is 10.3. The molecule has 0 heterocycles. The molecule has 0 fully saturated rings. The summed E-state index contributed by atoms with van der Waals surface area (Å²) >= 11 is 0. The highest BCUT2D eigenvalue weighted by Gasteiger charge is 2.18. The van der Waals surface area contributed by atoms with E-state index < -0.39 is 9.05 Å². The molecule has 0 aliphatic rings. The molecule has 0 bridgehead atoms. The smallest absolute Gasteiger partial charge is 0.265 e. The van der Waals surface area contributed by atoms with Crippen molar-refractivity contribution in [3.05, 3.63) is 18.2 Å². The number of hydrogen-bond acceptors (Lipinski definition) is 4. The molecule has 0 saturated heterocycles. The average molecular weight is 223 g/mol. The monoisotopic (exact) mass is 222 g/mol. The Kier molecular flexibility index (Phi) is 2.68.